The van der Waals surface area contributed by atoms with Gasteiger partial charge in [0.1, 0.15) is 13.2 Å². The first-order chi connectivity index (χ1) is 32.0. The molecule has 0 fully saturated rings. The van der Waals surface area contributed by atoms with Crippen LogP contribution in [0.5, 0.6) is 0 Å². The Morgan fingerprint density at radius 3 is 0.892 bits per heavy atom. The molecule has 0 unspecified atom stereocenters. The van der Waals surface area contributed by atoms with Gasteiger partial charge in [0, 0.05) is 19.3 Å². The highest BCUT2D eigenvalue weighted by Gasteiger charge is 2.19. The Morgan fingerprint density at radius 1 is 0.308 bits per heavy atom. The minimum atomic E-state index is -0.775. The van der Waals surface area contributed by atoms with Gasteiger partial charge in [0.15, 0.2) is 6.10 Å². The van der Waals surface area contributed by atoms with Crippen LogP contribution in [0.3, 0.4) is 0 Å². The molecule has 0 radical (unpaired) electrons. The standard InChI is InChI=1S/C59H108O6/c1-4-7-10-13-16-19-22-25-27-29-30-31-33-34-37-40-43-46-49-52-58(61)64-55-56(54-63-57(60)51-48-45-42-39-36-24-21-18-15-12-9-6-3)65-59(62)53-50-47-44-41-38-35-32-28-26-23-20-17-14-11-8-5-2/h16,19,25,27-28,32,56H,4-15,17-18,20-24,26,29-31,33-55H2,1-3H3/b19-16-,27-25-,32-28-/t56-/m1/s1. The van der Waals surface area contributed by atoms with Crippen molar-refractivity contribution in [1.29, 1.82) is 0 Å². The summed E-state index contributed by atoms with van der Waals surface area (Å²) in [4.78, 5) is 38.1. The molecule has 380 valence electrons. The number of unbranched alkanes of at least 4 members (excludes halogenated alkanes) is 35. The number of hydrogen-bond acceptors (Lipinski definition) is 6. The molecular formula is C59H108O6. The fraction of sp³-hybridized carbons (Fsp3) is 0.847. The lowest BCUT2D eigenvalue weighted by atomic mass is 10.0. The van der Waals surface area contributed by atoms with Gasteiger partial charge in [-0.25, -0.2) is 0 Å². The summed E-state index contributed by atoms with van der Waals surface area (Å²) in [6, 6.07) is 0. The van der Waals surface area contributed by atoms with Crippen molar-refractivity contribution in [2.45, 2.75) is 309 Å². The Hall–Kier alpha value is -2.37. The molecule has 0 N–H and O–H groups in total. The first-order valence-electron chi connectivity index (χ1n) is 28.5. The molecule has 0 saturated heterocycles. The van der Waals surface area contributed by atoms with Gasteiger partial charge in [-0.05, 0) is 77.0 Å². The Morgan fingerprint density at radius 2 is 0.554 bits per heavy atom. The van der Waals surface area contributed by atoms with Gasteiger partial charge in [-0.3, -0.25) is 14.4 Å². The highest BCUT2D eigenvalue weighted by atomic mass is 16.6. The van der Waals surface area contributed by atoms with E-state index in [0.717, 1.165) is 70.6 Å². The van der Waals surface area contributed by atoms with Crippen LogP contribution < -0.4 is 0 Å². The summed E-state index contributed by atoms with van der Waals surface area (Å²) < 4.78 is 16.9. The van der Waals surface area contributed by atoms with Crippen molar-refractivity contribution < 1.29 is 28.6 Å². The van der Waals surface area contributed by atoms with Gasteiger partial charge in [-0.2, -0.15) is 0 Å². The summed E-state index contributed by atoms with van der Waals surface area (Å²) in [6.07, 6.45) is 64.1. The third kappa shape index (κ3) is 52.5. The molecule has 0 aliphatic rings. The van der Waals surface area contributed by atoms with E-state index in [1.165, 1.54) is 193 Å². The number of carbonyl (C=O) groups excluding carboxylic acids is 3. The van der Waals surface area contributed by atoms with Gasteiger partial charge in [0.05, 0.1) is 0 Å². The second-order valence-corrected chi connectivity index (χ2v) is 19.2. The molecule has 6 nitrogen and oxygen atoms in total. The Bertz CT molecular complexity index is 1090. The number of ether oxygens (including phenoxy) is 3. The molecule has 0 aliphatic carbocycles. The minimum absolute atomic E-state index is 0.0733. The smallest absolute Gasteiger partial charge is 0.306 e. The van der Waals surface area contributed by atoms with Gasteiger partial charge in [0.25, 0.3) is 0 Å². The van der Waals surface area contributed by atoms with Crippen molar-refractivity contribution >= 4 is 17.9 Å². The van der Waals surface area contributed by atoms with Gasteiger partial charge >= 0.3 is 17.9 Å². The van der Waals surface area contributed by atoms with Gasteiger partial charge in [-0.15, -0.1) is 0 Å². The van der Waals surface area contributed by atoms with Gasteiger partial charge in [-0.1, -0.05) is 243 Å². The van der Waals surface area contributed by atoms with Crippen molar-refractivity contribution in [2.75, 3.05) is 13.2 Å². The summed E-state index contributed by atoms with van der Waals surface area (Å²) in [6.45, 7) is 6.63. The maximum atomic E-state index is 12.8. The molecule has 0 heterocycles. The average Bonchev–Trinajstić information content (AvgIpc) is 3.30. The van der Waals surface area contributed by atoms with Crippen LogP contribution in [0.1, 0.15) is 303 Å². The van der Waals surface area contributed by atoms with E-state index in [9.17, 15) is 14.4 Å². The van der Waals surface area contributed by atoms with E-state index >= 15 is 0 Å². The lowest BCUT2D eigenvalue weighted by Gasteiger charge is -2.18. The van der Waals surface area contributed by atoms with Crippen LogP contribution in [0.2, 0.25) is 0 Å². The summed E-state index contributed by atoms with van der Waals surface area (Å²) >= 11 is 0. The molecule has 65 heavy (non-hydrogen) atoms. The Balaban J connectivity index is 4.33. The summed E-state index contributed by atoms with van der Waals surface area (Å²) in [5.41, 5.74) is 0. The van der Waals surface area contributed by atoms with Crippen LogP contribution in [0.15, 0.2) is 36.5 Å². The lowest BCUT2D eigenvalue weighted by Crippen LogP contribution is -2.30. The molecule has 0 aromatic carbocycles. The van der Waals surface area contributed by atoms with Crippen LogP contribution in [-0.2, 0) is 28.6 Å². The van der Waals surface area contributed by atoms with Crippen molar-refractivity contribution in [3.63, 3.8) is 0 Å². The third-order valence-electron chi connectivity index (χ3n) is 12.6. The molecule has 0 rings (SSSR count). The van der Waals surface area contributed by atoms with Crippen molar-refractivity contribution in [3.8, 4) is 0 Å². The predicted molar refractivity (Wildman–Crippen MR) is 279 cm³/mol. The topological polar surface area (TPSA) is 78.9 Å². The summed E-state index contributed by atoms with van der Waals surface area (Å²) in [7, 11) is 0. The monoisotopic (exact) mass is 913 g/mol. The SMILES string of the molecule is CCCCC/C=C\C/C=C\CCCCCCCCCCCC(=O)OC[C@@H](COC(=O)CCCCCCCCCCCCCC)OC(=O)CCCCCCC/C=C\CCCCCCCCC. The van der Waals surface area contributed by atoms with Crippen molar-refractivity contribution in [3.05, 3.63) is 36.5 Å². The van der Waals surface area contributed by atoms with Crippen molar-refractivity contribution in [2.24, 2.45) is 0 Å². The molecule has 0 aromatic heterocycles. The molecule has 0 aliphatic heterocycles. The van der Waals surface area contributed by atoms with Crippen LogP contribution in [-0.4, -0.2) is 37.2 Å². The predicted octanol–water partition coefficient (Wildman–Crippen LogP) is 18.9. The number of rotatable bonds is 52. The van der Waals surface area contributed by atoms with Crippen LogP contribution in [0.25, 0.3) is 0 Å². The number of allylic oxidation sites excluding steroid dienone is 6. The maximum Gasteiger partial charge on any atom is 0.306 e. The number of hydrogen-bond donors (Lipinski definition) is 0. The highest BCUT2D eigenvalue weighted by molar-refractivity contribution is 5.71. The lowest BCUT2D eigenvalue weighted by molar-refractivity contribution is -0.167. The Labute approximate surface area is 404 Å². The van der Waals surface area contributed by atoms with Gasteiger partial charge in [0.2, 0.25) is 0 Å². The fourth-order valence-corrected chi connectivity index (χ4v) is 8.29. The highest BCUT2D eigenvalue weighted by Crippen LogP contribution is 2.16. The first kappa shape index (κ1) is 62.6. The summed E-state index contributed by atoms with van der Waals surface area (Å²) in [5.74, 6) is -0.871. The second kappa shape index (κ2) is 54.2. The molecule has 0 aromatic rings. The summed E-state index contributed by atoms with van der Waals surface area (Å²) in [5, 5.41) is 0. The zero-order valence-corrected chi connectivity index (χ0v) is 43.5. The van der Waals surface area contributed by atoms with E-state index in [4.69, 9.17) is 14.2 Å². The van der Waals surface area contributed by atoms with Crippen LogP contribution >= 0.6 is 0 Å². The molecule has 0 spiro atoms. The third-order valence-corrected chi connectivity index (χ3v) is 12.6. The van der Waals surface area contributed by atoms with Gasteiger partial charge < -0.3 is 14.2 Å². The Kier molecular flexibility index (Phi) is 52.3. The van der Waals surface area contributed by atoms with E-state index < -0.39 is 6.10 Å². The molecule has 1 atom stereocenters. The van der Waals surface area contributed by atoms with E-state index in [2.05, 4.69) is 57.2 Å². The maximum absolute atomic E-state index is 12.8. The van der Waals surface area contributed by atoms with Crippen molar-refractivity contribution in [1.82, 2.24) is 0 Å². The molecule has 6 heteroatoms. The van der Waals surface area contributed by atoms with Crippen LogP contribution in [0, 0.1) is 0 Å². The normalized spacial score (nSPS) is 12.2. The fourth-order valence-electron chi connectivity index (χ4n) is 8.29. The van der Waals surface area contributed by atoms with E-state index in [1.807, 2.05) is 0 Å². The molecular weight excluding hydrogens is 805 g/mol. The number of esters is 3. The largest absolute Gasteiger partial charge is 0.462 e. The zero-order valence-electron chi connectivity index (χ0n) is 43.5. The second-order valence-electron chi connectivity index (χ2n) is 19.2. The van der Waals surface area contributed by atoms with E-state index in [1.54, 1.807) is 0 Å². The molecule has 0 amide bonds. The number of carbonyl (C=O) groups is 3. The van der Waals surface area contributed by atoms with Crippen LogP contribution in [0.4, 0.5) is 0 Å². The average molecular weight is 914 g/mol. The minimum Gasteiger partial charge on any atom is -0.462 e. The quantitative estimate of drug-likeness (QED) is 0.0262. The zero-order chi connectivity index (χ0) is 47.2. The molecule has 0 bridgehead atoms. The molecule has 0 saturated carbocycles. The first-order valence-corrected chi connectivity index (χ1v) is 28.5. The van der Waals surface area contributed by atoms with E-state index in [-0.39, 0.29) is 31.1 Å². The van der Waals surface area contributed by atoms with E-state index in [0.29, 0.717) is 19.3 Å².